The molecule has 238 valence electrons. The molecule has 0 unspecified atom stereocenters. The fourth-order valence-corrected chi connectivity index (χ4v) is 6.10. The highest BCUT2D eigenvalue weighted by Gasteiger charge is 2.25. The molecule has 0 radical (unpaired) electrons. The molecular formula is C43H31N7. The second-order valence-electron chi connectivity index (χ2n) is 11.9. The standard InChI is InChI=1S/C43H31N7/c1-28-10-6-18-40(46-28)41-20-8-16-36(47-41)34-25-26-35(37-17-9-19-39(48-37)38-15-4-5-27-45-38)43(42(34)44)50-49-31-23-21-30(22-24-31)33-14-7-12-29-11-2-3-13-32(29)33/h2-27,44,49H,1H3/b44-42?,50-43-. The van der Waals surface area contributed by atoms with E-state index in [1.165, 1.54) is 16.3 Å². The molecule has 0 saturated carbocycles. The molecule has 0 spiro atoms. The van der Waals surface area contributed by atoms with Gasteiger partial charge in [-0.1, -0.05) is 78.9 Å². The van der Waals surface area contributed by atoms with Crippen molar-refractivity contribution in [3.63, 3.8) is 0 Å². The molecule has 0 amide bonds. The number of anilines is 1. The number of benzene rings is 3. The van der Waals surface area contributed by atoms with Gasteiger partial charge in [0.1, 0.15) is 5.71 Å². The Kier molecular flexibility index (Phi) is 8.13. The zero-order chi connectivity index (χ0) is 33.9. The van der Waals surface area contributed by atoms with Crippen LogP contribution in [0.25, 0.3) is 55.8 Å². The fraction of sp³-hybridized carbons (Fsp3) is 0.0233. The van der Waals surface area contributed by atoms with Crippen molar-refractivity contribution < 1.29 is 0 Å². The maximum absolute atomic E-state index is 9.46. The summed E-state index contributed by atoms with van der Waals surface area (Å²) in [4.78, 5) is 19.0. The Hall–Kier alpha value is -6.86. The molecule has 7 nitrogen and oxygen atoms in total. The summed E-state index contributed by atoms with van der Waals surface area (Å²) in [6, 6.07) is 46.2. The second kappa shape index (κ2) is 13.3. The van der Waals surface area contributed by atoms with E-state index in [4.69, 9.17) is 15.1 Å². The number of aromatic nitrogens is 4. The van der Waals surface area contributed by atoms with E-state index in [9.17, 15) is 5.41 Å². The number of nitrogens with one attached hydrogen (secondary N) is 2. The molecule has 0 aliphatic heterocycles. The minimum absolute atomic E-state index is 0.231. The predicted molar refractivity (Wildman–Crippen MR) is 204 cm³/mol. The number of rotatable bonds is 7. The number of hydrazone groups is 1. The Balaban J connectivity index is 1.16. The van der Waals surface area contributed by atoms with Crippen LogP contribution in [0.15, 0.2) is 163 Å². The lowest BCUT2D eigenvalue weighted by atomic mass is 9.90. The van der Waals surface area contributed by atoms with Crippen molar-refractivity contribution in [2.75, 3.05) is 5.43 Å². The summed E-state index contributed by atoms with van der Waals surface area (Å²) in [6.07, 6.45) is 5.63. The van der Waals surface area contributed by atoms with Crippen LogP contribution in [0.3, 0.4) is 0 Å². The van der Waals surface area contributed by atoms with Crippen molar-refractivity contribution in [2.24, 2.45) is 5.10 Å². The van der Waals surface area contributed by atoms with Crippen LogP contribution in [0, 0.1) is 12.3 Å². The first-order valence-corrected chi connectivity index (χ1v) is 16.3. The van der Waals surface area contributed by atoms with Gasteiger partial charge in [-0.05, 0) is 102 Å². The molecule has 50 heavy (non-hydrogen) atoms. The number of hydrogen-bond acceptors (Lipinski definition) is 7. The van der Waals surface area contributed by atoms with Crippen LogP contribution in [0.4, 0.5) is 5.69 Å². The second-order valence-corrected chi connectivity index (χ2v) is 11.9. The van der Waals surface area contributed by atoms with Crippen LogP contribution in [-0.2, 0) is 0 Å². The molecule has 4 heterocycles. The van der Waals surface area contributed by atoms with E-state index in [0.29, 0.717) is 28.2 Å². The van der Waals surface area contributed by atoms with Crippen molar-refractivity contribution in [1.29, 1.82) is 5.41 Å². The summed E-state index contributed by atoms with van der Waals surface area (Å²) in [7, 11) is 0. The van der Waals surface area contributed by atoms with Crippen LogP contribution >= 0.6 is 0 Å². The highest BCUT2D eigenvalue weighted by atomic mass is 15.3. The normalized spacial score (nSPS) is 13.6. The first-order chi connectivity index (χ1) is 24.6. The predicted octanol–water partition coefficient (Wildman–Crippen LogP) is 9.70. The molecule has 0 bridgehead atoms. The van der Waals surface area contributed by atoms with E-state index in [1.807, 2.05) is 104 Å². The third kappa shape index (κ3) is 6.11. The molecule has 0 fully saturated rings. The van der Waals surface area contributed by atoms with Gasteiger partial charge in [-0.3, -0.25) is 20.8 Å². The van der Waals surface area contributed by atoms with Gasteiger partial charge in [0.05, 0.1) is 45.6 Å². The van der Waals surface area contributed by atoms with Gasteiger partial charge in [0.25, 0.3) is 0 Å². The quantitative estimate of drug-likeness (QED) is 0.133. The molecule has 7 aromatic rings. The minimum atomic E-state index is 0.231. The number of allylic oxidation sites excluding steroid dienone is 4. The van der Waals surface area contributed by atoms with Crippen molar-refractivity contribution in [3.05, 3.63) is 175 Å². The Bertz CT molecular complexity index is 2470. The maximum Gasteiger partial charge on any atom is 0.118 e. The Morgan fingerprint density at radius 3 is 1.90 bits per heavy atom. The van der Waals surface area contributed by atoms with Gasteiger partial charge in [-0.25, -0.2) is 9.97 Å². The summed E-state index contributed by atoms with van der Waals surface area (Å²) in [6.45, 7) is 1.96. The third-order valence-electron chi connectivity index (χ3n) is 8.59. The van der Waals surface area contributed by atoms with Gasteiger partial charge in [-0.2, -0.15) is 5.10 Å². The van der Waals surface area contributed by atoms with E-state index in [1.54, 1.807) is 6.20 Å². The average molecular weight is 646 g/mol. The zero-order valence-electron chi connectivity index (χ0n) is 27.2. The number of hydrogen-bond donors (Lipinski definition) is 2. The first kappa shape index (κ1) is 30.5. The molecule has 2 N–H and O–H groups in total. The summed E-state index contributed by atoms with van der Waals surface area (Å²) < 4.78 is 0. The Morgan fingerprint density at radius 2 is 1.14 bits per heavy atom. The topological polar surface area (TPSA) is 99.8 Å². The maximum atomic E-state index is 9.46. The number of nitrogens with zero attached hydrogens (tertiary/aromatic N) is 5. The lowest BCUT2D eigenvalue weighted by molar-refractivity contribution is 1.17. The van der Waals surface area contributed by atoms with Gasteiger partial charge in [0.15, 0.2) is 0 Å². The molecule has 4 aromatic heterocycles. The average Bonchev–Trinajstić information content (AvgIpc) is 3.18. The Morgan fingerprint density at radius 1 is 0.540 bits per heavy atom. The Labute approximate surface area is 290 Å². The van der Waals surface area contributed by atoms with E-state index in [0.717, 1.165) is 39.7 Å². The number of pyridine rings is 4. The smallest absolute Gasteiger partial charge is 0.118 e. The summed E-state index contributed by atoms with van der Waals surface area (Å²) in [5.41, 5.74) is 13.6. The third-order valence-corrected chi connectivity index (χ3v) is 8.59. The fourth-order valence-electron chi connectivity index (χ4n) is 6.10. The summed E-state index contributed by atoms with van der Waals surface area (Å²) >= 11 is 0. The molecule has 0 atom stereocenters. The molecule has 1 aliphatic carbocycles. The van der Waals surface area contributed by atoms with Gasteiger partial charge in [-0.15, -0.1) is 0 Å². The van der Waals surface area contributed by atoms with Crippen molar-refractivity contribution in [3.8, 4) is 33.9 Å². The van der Waals surface area contributed by atoms with Crippen LogP contribution in [0.5, 0.6) is 0 Å². The van der Waals surface area contributed by atoms with Crippen LogP contribution in [0.2, 0.25) is 0 Å². The van der Waals surface area contributed by atoms with Crippen molar-refractivity contribution in [1.82, 2.24) is 19.9 Å². The van der Waals surface area contributed by atoms with E-state index in [-0.39, 0.29) is 5.71 Å². The van der Waals surface area contributed by atoms with Gasteiger partial charge < -0.3 is 0 Å². The van der Waals surface area contributed by atoms with Crippen molar-refractivity contribution >= 4 is 39.0 Å². The van der Waals surface area contributed by atoms with Crippen LogP contribution in [0.1, 0.15) is 17.1 Å². The molecule has 8 rings (SSSR count). The molecule has 7 heteroatoms. The van der Waals surface area contributed by atoms with Gasteiger partial charge >= 0.3 is 0 Å². The molecule has 1 aliphatic rings. The van der Waals surface area contributed by atoms with E-state index >= 15 is 0 Å². The monoisotopic (exact) mass is 645 g/mol. The van der Waals surface area contributed by atoms with Crippen molar-refractivity contribution in [2.45, 2.75) is 6.92 Å². The zero-order valence-corrected chi connectivity index (χ0v) is 27.2. The highest BCUT2D eigenvalue weighted by Crippen LogP contribution is 2.31. The lowest BCUT2D eigenvalue weighted by Crippen LogP contribution is -2.22. The first-order valence-electron chi connectivity index (χ1n) is 16.3. The van der Waals surface area contributed by atoms with Crippen LogP contribution < -0.4 is 5.43 Å². The number of aryl methyl sites for hydroxylation is 1. The molecular weight excluding hydrogens is 615 g/mol. The largest absolute Gasteiger partial charge is 0.298 e. The number of fused-ring (bicyclic) bond motifs is 1. The van der Waals surface area contributed by atoms with Crippen LogP contribution in [-0.4, -0.2) is 31.4 Å². The lowest BCUT2D eigenvalue weighted by Gasteiger charge is -2.19. The van der Waals surface area contributed by atoms with E-state index < -0.39 is 0 Å². The van der Waals surface area contributed by atoms with Gasteiger partial charge in [0, 0.05) is 23.0 Å². The molecule has 0 saturated heterocycles. The highest BCUT2D eigenvalue weighted by molar-refractivity contribution is 6.69. The molecule has 3 aromatic carbocycles. The minimum Gasteiger partial charge on any atom is -0.298 e. The SMILES string of the molecule is Cc1cccc(-c2cccc(C3=CC=C(c4cccc(-c5ccccn5)n4)/C(=N/Nc4ccc(-c5cccc6ccccc56)cc4)C3=N)n2)n1. The summed E-state index contributed by atoms with van der Waals surface area (Å²) in [5.74, 6) is 0. The summed E-state index contributed by atoms with van der Waals surface area (Å²) in [5, 5.41) is 16.7. The van der Waals surface area contributed by atoms with Gasteiger partial charge in [0.2, 0.25) is 0 Å². The van der Waals surface area contributed by atoms with E-state index in [2.05, 4.69) is 70.0 Å².